The van der Waals surface area contributed by atoms with Crippen LogP contribution in [-0.4, -0.2) is 35.7 Å². The van der Waals surface area contributed by atoms with Gasteiger partial charge in [-0.05, 0) is 68.7 Å². The average Bonchev–Trinajstić information content (AvgIpc) is 2.54. The summed E-state index contributed by atoms with van der Waals surface area (Å²) in [5, 5.41) is 6.88. The third-order valence-electron chi connectivity index (χ3n) is 4.23. The summed E-state index contributed by atoms with van der Waals surface area (Å²) in [6, 6.07) is 6.97. The van der Waals surface area contributed by atoms with Gasteiger partial charge in [-0.15, -0.1) is 0 Å². The van der Waals surface area contributed by atoms with E-state index in [2.05, 4.69) is 22.5 Å². The molecule has 22 heavy (non-hydrogen) atoms. The number of hydrogen-bond donors (Lipinski definition) is 2. The molecule has 5 heteroatoms. The van der Waals surface area contributed by atoms with Crippen LogP contribution in [0.2, 0.25) is 0 Å². The predicted molar refractivity (Wildman–Crippen MR) is 94.7 cm³/mol. The molecule has 1 aromatic rings. The van der Waals surface area contributed by atoms with E-state index < -0.39 is 0 Å². The van der Waals surface area contributed by atoms with Crippen molar-refractivity contribution in [3.63, 3.8) is 0 Å². The highest BCUT2D eigenvalue weighted by Crippen LogP contribution is 2.19. The van der Waals surface area contributed by atoms with Crippen molar-refractivity contribution in [2.24, 2.45) is 0 Å². The number of nitrogens with one attached hydrogen (secondary N) is 2. The minimum Gasteiger partial charge on any atom is -0.362 e. The second kappa shape index (κ2) is 9.06. The summed E-state index contributed by atoms with van der Waals surface area (Å²) in [5.41, 5.74) is 0.806. The molecule has 0 amide bonds. The lowest BCUT2D eigenvalue weighted by Gasteiger charge is -2.35. The fraction of sp³-hybridized carbons (Fsp3) is 0.588. The number of rotatable bonds is 6. The summed E-state index contributed by atoms with van der Waals surface area (Å²) in [6.07, 6.45) is 6.38. The molecular weight excluding hydrogens is 297 g/mol. The SMILES string of the molecule is CC[C@@H]1CCCCN1CCCNC(=S)Nc1ccc(F)cc1. The Kier molecular flexibility index (Phi) is 7.06. The van der Waals surface area contributed by atoms with E-state index in [1.807, 2.05) is 0 Å². The van der Waals surface area contributed by atoms with Crippen LogP contribution in [-0.2, 0) is 0 Å². The van der Waals surface area contributed by atoms with E-state index >= 15 is 0 Å². The Balaban J connectivity index is 1.63. The van der Waals surface area contributed by atoms with Gasteiger partial charge in [0.2, 0.25) is 0 Å². The van der Waals surface area contributed by atoms with E-state index in [9.17, 15) is 4.39 Å². The predicted octanol–water partition coefficient (Wildman–Crippen LogP) is 3.77. The molecule has 1 atom stereocenters. The summed E-state index contributed by atoms with van der Waals surface area (Å²) in [6.45, 7) is 5.50. The monoisotopic (exact) mass is 323 g/mol. The van der Waals surface area contributed by atoms with E-state index in [4.69, 9.17) is 12.2 Å². The highest BCUT2D eigenvalue weighted by atomic mass is 32.1. The van der Waals surface area contributed by atoms with Crippen LogP contribution in [0.25, 0.3) is 0 Å². The van der Waals surface area contributed by atoms with Crippen molar-refractivity contribution < 1.29 is 4.39 Å². The quantitative estimate of drug-likeness (QED) is 0.616. The molecule has 1 aliphatic rings. The number of thiocarbonyl (C=S) groups is 1. The molecule has 0 aromatic heterocycles. The van der Waals surface area contributed by atoms with Gasteiger partial charge >= 0.3 is 0 Å². The van der Waals surface area contributed by atoms with Crippen LogP contribution in [0.5, 0.6) is 0 Å². The summed E-state index contributed by atoms with van der Waals surface area (Å²) >= 11 is 5.26. The minimum atomic E-state index is -0.239. The zero-order chi connectivity index (χ0) is 15.8. The first-order chi connectivity index (χ1) is 10.7. The molecule has 0 spiro atoms. The Morgan fingerprint density at radius 2 is 2.09 bits per heavy atom. The van der Waals surface area contributed by atoms with Gasteiger partial charge in [0.05, 0.1) is 0 Å². The van der Waals surface area contributed by atoms with Crippen molar-refractivity contribution in [1.29, 1.82) is 0 Å². The second-order valence-electron chi connectivity index (χ2n) is 5.84. The zero-order valence-electron chi connectivity index (χ0n) is 13.3. The van der Waals surface area contributed by atoms with Crippen LogP contribution in [0, 0.1) is 5.82 Å². The first-order valence-corrected chi connectivity index (χ1v) is 8.64. The summed E-state index contributed by atoms with van der Waals surface area (Å²) in [5.74, 6) is -0.239. The summed E-state index contributed by atoms with van der Waals surface area (Å²) in [7, 11) is 0. The van der Waals surface area contributed by atoms with Crippen LogP contribution >= 0.6 is 12.2 Å². The molecule has 0 unspecified atom stereocenters. The maximum absolute atomic E-state index is 12.8. The van der Waals surface area contributed by atoms with Gasteiger partial charge in [0.1, 0.15) is 5.82 Å². The molecule has 1 heterocycles. The topological polar surface area (TPSA) is 27.3 Å². The number of benzene rings is 1. The van der Waals surface area contributed by atoms with Crippen LogP contribution in [0.15, 0.2) is 24.3 Å². The van der Waals surface area contributed by atoms with Gasteiger partial charge in [0.15, 0.2) is 5.11 Å². The van der Waals surface area contributed by atoms with Crippen molar-refractivity contribution in [2.45, 2.75) is 45.1 Å². The molecule has 1 fully saturated rings. The third-order valence-corrected chi connectivity index (χ3v) is 4.48. The Labute approximate surface area is 138 Å². The largest absolute Gasteiger partial charge is 0.362 e. The maximum Gasteiger partial charge on any atom is 0.170 e. The lowest BCUT2D eigenvalue weighted by atomic mass is 10.00. The maximum atomic E-state index is 12.8. The van der Waals surface area contributed by atoms with Crippen molar-refractivity contribution in [2.75, 3.05) is 25.0 Å². The molecule has 0 bridgehead atoms. The van der Waals surface area contributed by atoms with E-state index in [0.717, 1.165) is 31.2 Å². The Morgan fingerprint density at radius 3 is 2.82 bits per heavy atom. The van der Waals surface area contributed by atoms with E-state index in [1.165, 1.54) is 44.4 Å². The molecule has 0 saturated carbocycles. The number of piperidine rings is 1. The van der Waals surface area contributed by atoms with Crippen LogP contribution in [0.1, 0.15) is 39.0 Å². The van der Waals surface area contributed by atoms with Crippen LogP contribution in [0.4, 0.5) is 10.1 Å². The van der Waals surface area contributed by atoms with E-state index in [1.54, 1.807) is 12.1 Å². The highest BCUT2D eigenvalue weighted by molar-refractivity contribution is 7.80. The number of nitrogens with zero attached hydrogens (tertiary/aromatic N) is 1. The van der Waals surface area contributed by atoms with Crippen molar-refractivity contribution >= 4 is 23.0 Å². The fourth-order valence-corrected chi connectivity index (χ4v) is 3.23. The molecule has 0 aliphatic carbocycles. The number of anilines is 1. The Morgan fingerprint density at radius 1 is 1.32 bits per heavy atom. The van der Waals surface area contributed by atoms with Gasteiger partial charge in [0, 0.05) is 24.8 Å². The van der Waals surface area contributed by atoms with Gasteiger partial charge in [-0.3, -0.25) is 0 Å². The fourth-order valence-electron chi connectivity index (χ4n) is 3.01. The smallest absolute Gasteiger partial charge is 0.170 e. The van der Waals surface area contributed by atoms with Crippen molar-refractivity contribution in [1.82, 2.24) is 10.2 Å². The molecular formula is C17H26FN3S. The van der Waals surface area contributed by atoms with Gasteiger partial charge in [-0.25, -0.2) is 4.39 Å². The van der Waals surface area contributed by atoms with Gasteiger partial charge < -0.3 is 15.5 Å². The summed E-state index contributed by atoms with van der Waals surface area (Å²) < 4.78 is 12.8. The Hall–Kier alpha value is -1.20. The number of likely N-dealkylation sites (tertiary alicyclic amines) is 1. The molecule has 1 saturated heterocycles. The molecule has 1 aliphatic heterocycles. The highest BCUT2D eigenvalue weighted by Gasteiger charge is 2.19. The second-order valence-corrected chi connectivity index (χ2v) is 6.24. The summed E-state index contributed by atoms with van der Waals surface area (Å²) in [4.78, 5) is 2.61. The molecule has 2 rings (SSSR count). The number of halogens is 1. The van der Waals surface area contributed by atoms with Crippen molar-refractivity contribution in [3.8, 4) is 0 Å². The Bertz CT molecular complexity index is 463. The number of hydrogen-bond acceptors (Lipinski definition) is 2. The van der Waals surface area contributed by atoms with Gasteiger partial charge in [-0.1, -0.05) is 13.3 Å². The van der Waals surface area contributed by atoms with Crippen molar-refractivity contribution in [3.05, 3.63) is 30.1 Å². The first kappa shape index (κ1) is 17.2. The van der Waals surface area contributed by atoms with Crippen LogP contribution < -0.4 is 10.6 Å². The first-order valence-electron chi connectivity index (χ1n) is 8.23. The van der Waals surface area contributed by atoms with E-state index in [0.29, 0.717) is 5.11 Å². The van der Waals surface area contributed by atoms with E-state index in [-0.39, 0.29) is 5.82 Å². The normalized spacial score (nSPS) is 18.9. The lowest BCUT2D eigenvalue weighted by molar-refractivity contribution is 0.143. The van der Waals surface area contributed by atoms with Crippen LogP contribution in [0.3, 0.4) is 0 Å². The van der Waals surface area contributed by atoms with Gasteiger partial charge in [-0.2, -0.15) is 0 Å². The van der Waals surface area contributed by atoms with Gasteiger partial charge in [0.25, 0.3) is 0 Å². The minimum absolute atomic E-state index is 0.239. The molecule has 122 valence electrons. The molecule has 0 radical (unpaired) electrons. The average molecular weight is 323 g/mol. The molecule has 1 aromatic carbocycles. The lowest BCUT2D eigenvalue weighted by Crippen LogP contribution is -2.40. The zero-order valence-corrected chi connectivity index (χ0v) is 14.1. The third kappa shape index (κ3) is 5.54. The molecule has 2 N–H and O–H groups in total. The standard InChI is InChI=1S/C17H26FN3S/c1-2-16-6-3-4-12-21(16)13-5-11-19-17(22)20-15-9-7-14(18)8-10-15/h7-10,16H,2-6,11-13H2,1H3,(H2,19,20,22)/t16-/m1/s1. The molecule has 3 nitrogen and oxygen atoms in total.